The summed E-state index contributed by atoms with van der Waals surface area (Å²) >= 11 is 0. The van der Waals surface area contributed by atoms with E-state index in [-0.39, 0.29) is 24.2 Å². The molecular formula is C12H25ClN2O. The summed E-state index contributed by atoms with van der Waals surface area (Å²) in [7, 11) is 0. The monoisotopic (exact) mass is 248 g/mol. The zero-order valence-corrected chi connectivity index (χ0v) is 11.2. The van der Waals surface area contributed by atoms with E-state index in [9.17, 15) is 4.79 Å². The number of halogens is 1. The van der Waals surface area contributed by atoms with Crippen LogP contribution in [-0.4, -0.2) is 25.0 Å². The number of nitrogens with one attached hydrogen (secondary N) is 2. The van der Waals surface area contributed by atoms with Crippen LogP contribution in [0.25, 0.3) is 0 Å². The second kappa shape index (κ2) is 8.82. The summed E-state index contributed by atoms with van der Waals surface area (Å²) in [5, 5.41) is 6.32. The van der Waals surface area contributed by atoms with Crippen molar-refractivity contribution in [3.8, 4) is 0 Å². The van der Waals surface area contributed by atoms with Crippen molar-refractivity contribution in [3.05, 3.63) is 0 Å². The maximum Gasteiger partial charge on any atom is 0.223 e. The van der Waals surface area contributed by atoms with Crippen molar-refractivity contribution in [2.75, 3.05) is 13.1 Å². The Kier molecular flexibility index (Phi) is 8.67. The van der Waals surface area contributed by atoms with E-state index in [1.54, 1.807) is 0 Å². The third-order valence-electron chi connectivity index (χ3n) is 3.11. The molecule has 1 amide bonds. The molecule has 96 valence electrons. The van der Waals surface area contributed by atoms with Crippen molar-refractivity contribution in [2.45, 2.75) is 52.0 Å². The fourth-order valence-electron chi connectivity index (χ4n) is 2.18. The molecule has 4 heteroatoms. The number of carbonyl (C=O) groups is 1. The van der Waals surface area contributed by atoms with Crippen molar-refractivity contribution in [2.24, 2.45) is 5.92 Å². The van der Waals surface area contributed by atoms with Crippen LogP contribution in [0.1, 0.15) is 46.0 Å². The first-order valence-electron chi connectivity index (χ1n) is 6.25. The van der Waals surface area contributed by atoms with Crippen LogP contribution in [0.4, 0.5) is 0 Å². The first-order chi connectivity index (χ1) is 7.24. The Morgan fingerprint density at radius 2 is 1.94 bits per heavy atom. The Balaban J connectivity index is 0.00000225. The van der Waals surface area contributed by atoms with Crippen LogP contribution in [0.15, 0.2) is 0 Å². The lowest BCUT2D eigenvalue weighted by atomic mass is 9.88. The summed E-state index contributed by atoms with van der Waals surface area (Å²) in [5.41, 5.74) is 0. The second-order valence-corrected chi connectivity index (χ2v) is 4.54. The zero-order valence-electron chi connectivity index (χ0n) is 10.4. The van der Waals surface area contributed by atoms with Crippen molar-refractivity contribution in [1.82, 2.24) is 10.6 Å². The fourth-order valence-corrected chi connectivity index (χ4v) is 2.18. The Labute approximate surface area is 105 Å². The average Bonchev–Trinajstić information content (AvgIpc) is 2.27. The van der Waals surface area contributed by atoms with E-state index in [2.05, 4.69) is 24.5 Å². The lowest BCUT2D eigenvalue weighted by Crippen LogP contribution is -2.41. The fraction of sp³-hybridized carbons (Fsp3) is 0.917. The van der Waals surface area contributed by atoms with E-state index in [0.29, 0.717) is 6.04 Å². The quantitative estimate of drug-likeness (QED) is 0.783. The van der Waals surface area contributed by atoms with Gasteiger partial charge < -0.3 is 10.6 Å². The van der Waals surface area contributed by atoms with Crippen LogP contribution >= 0.6 is 12.4 Å². The van der Waals surface area contributed by atoms with Gasteiger partial charge in [-0.15, -0.1) is 12.4 Å². The predicted molar refractivity (Wildman–Crippen MR) is 70.0 cm³/mol. The molecule has 0 aliphatic heterocycles. The molecule has 1 saturated carbocycles. The number of hydrogen-bond acceptors (Lipinski definition) is 2. The SMILES string of the molecule is CCN[C@H](C)CNC(=O)C1CCCCC1.Cl. The van der Waals surface area contributed by atoms with Crippen LogP contribution in [0.2, 0.25) is 0 Å². The van der Waals surface area contributed by atoms with Gasteiger partial charge in [0.1, 0.15) is 0 Å². The smallest absolute Gasteiger partial charge is 0.223 e. The van der Waals surface area contributed by atoms with Crippen molar-refractivity contribution >= 4 is 18.3 Å². The molecule has 0 saturated heterocycles. The van der Waals surface area contributed by atoms with Gasteiger partial charge >= 0.3 is 0 Å². The molecule has 1 fully saturated rings. The van der Waals surface area contributed by atoms with Gasteiger partial charge in [0, 0.05) is 18.5 Å². The van der Waals surface area contributed by atoms with Crippen LogP contribution in [0.3, 0.4) is 0 Å². The Morgan fingerprint density at radius 1 is 1.31 bits per heavy atom. The highest BCUT2D eigenvalue weighted by Crippen LogP contribution is 2.23. The van der Waals surface area contributed by atoms with Crippen LogP contribution in [0, 0.1) is 5.92 Å². The highest BCUT2D eigenvalue weighted by atomic mass is 35.5. The van der Waals surface area contributed by atoms with Gasteiger partial charge in [-0.25, -0.2) is 0 Å². The number of likely N-dealkylation sites (N-methyl/N-ethyl adjacent to an activating group) is 1. The summed E-state index contributed by atoms with van der Waals surface area (Å²) in [4.78, 5) is 11.8. The minimum absolute atomic E-state index is 0. The second-order valence-electron chi connectivity index (χ2n) is 4.54. The topological polar surface area (TPSA) is 41.1 Å². The van der Waals surface area contributed by atoms with Crippen molar-refractivity contribution in [3.63, 3.8) is 0 Å². The van der Waals surface area contributed by atoms with Crippen molar-refractivity contribution in [1.29, 1.82) is 0 Å². The van der Waals surface area contributed by atoms with Gasteiger partial charge in [0.25, 0.3) is 0 Å². The number of amides is 1. The van der Waals surface area contributed by atoms with Crippen LogP contribution in [0.5, 0.6) is 0 Å². The third kappa shape index (κ3) is 5.71. The molecule has 0 radical (unpaired) electrons. The highest BCUT2D eigenvalue weighted by Gasteiger charge is 2.20. The standard InChI is InChI=1S/C12H24N2O.ClH/c1-3-13-10(2)9-14-12(15)11-7-5-4-6-8-11;/h10-11,13H,3-9H2,1-2H3,(H,14,15);1H/t10-;/m1./s1. The van der Waals surface area contributed by atoms with E-state index in [0.717, 1.165) is 25.9 Å². The average molecular weight is 249 g/mol. The predicted octanol–water partition coefficient (Wildman–Crippen LogP) is 2.10. The normalized spacial score (nSPS) is 18.6. The summed E-state index contributed by atoms with van der Waals surface area (Å²) < 4.78 is 0. The largest absolute Gasteiger partial charge is 0.354 e. The Bertz CT molecular complexity index is 193. The first-order valence-corrected chi connectivity index (χ1v) is 6.25. The van der Waals surface area contributed by atoms with Gasteiger partial charge in [0.2, 0.25) is 5.91 Å². The Hall–Kier alpha value is -0.280. The molecule has 2 N–H and O–H groups in total. The maximum absolute atomic E-state index is 11.8. The molecule has 0 aromatic heterocycles. The van der Waals surface area contributed by atoms with E-state index in [1.165, 1.54) is 19.3 Å². The molecule has 1 rings (SSSR count). The molecule has 1 aliphatic rings. The number of rotatable bonds is 5. The van der Waals surface area contributed by atoms with Gasteiger partial charge in [-0.1, -0.05) is 26.2 Å². The molecule has 0 aromatic carbocycles. The van der Waals surface area contributed by atoms with Crippen LogP contribution < -0.4 is 10.6 Å². The molecule has 16 heavy (non-hydrogen) atoms. The van der Waals surface area contributed by atoms with Gasteiger partial charge in [-0.3, -0.25) is 4.79 Å². The molecule has 1 aliphatic carbocycles. The van der Waals surface area contributed by atoms with Crippen LogP contribution in [-0.2, 0) is 4.79 Å². The van der Waals surface area contributed by atoms with E-state index in [4.69, 9.17) is 0 Å². The van der Waals surface area contributed by atoms with Gasteiger partial charge in [0.05, 0.1) is 0 Å². The maximum atomic E-state index is 11.8. The molecule has 0 unspecified atom stereocenters. The lowest BCUT2D eigenvalue weighted by molar-refractivity contribution is -0.126. The minimum atomic E-state index is 0. The van der Waals surface area contributed by atoms with Gasteiger partial charge in [-0.05, 0) is 26.3 Å². The molecule has 1 atom stereocenters. The highest BCUT2D eigenvalue weighted by molar-refractivity contribution is 5.85. The molecule has 0 aromatic rings. The lowest BCUT2D eigenvalue weighted by Gasteiger charge is -2.22. The molecule has 3 nitrogen and oxygen atoms in total. The minimum Gasteiger partial charge on any atom is -0.354 e. The number of carbonyl (C=O) groups excluding carboxylic acids is 1. The summed E-state index contributed by atoms with van der Waals surface area (Å²) in [5.74, 6) is 0.548. The molecule has 0 heterocycles. The summed E-state index contributed by atoms with van der Waals surface area (Å²) in [6.45, 7) is 5.90. The van der Waals surface area contributed by atoms with E-state index >= 15 is 0 Å². The molecular weight excluding hydrogens is 224 g/mol. The molecule has 0 bridgehead atoms. The first kappa shape index (κ1) is 15.7. The number of hydrogen-bond donors (Lipinski definition) is 2. The Morgan fingerprint density at radius 3 is 2.50 bits per heavy atom. The summed E-state index contributed by atoms with van der Waals surface area (Å²) in [6, 6.07) is 0.377. The zero-order chi connectivity index (χ0) is 11.1. The summed E-state index contributed by atoms with van der Waals surface area (Å²) in [6.07, 6.45) is 5.92. The molecule has 0 spiro atoms. The van der Waals surface area contributed by atoms with E-state index in [1.807, 2.05) is 0 Å². The van der Waals surface area contributed by atoms with E-state index < -0.39 is 0 Å². The van der Waals surface area contributed by atoms with Crippen molar-refractivity contribution < 1.29 is 4.79 Å². The van der Waals surface area contributed by atoms with Gasteiger partial charge in [-0.2, -0.15) is 0 Å². The third-order valence-corrected chi connectivity index (χ3v) is 3.11. The van der Waals surface area contributed by atoms with Gasteiger partial charge in [0.15, 0.2) is 0 Å².